The van der Waals surface area contributed by atoms with E-state index in [1.807, 2.05) is 10.8 Å². The minimum Gasteiger partial charge on any atom is -0.399 e. The second-order valence-electron chi connectivity index (χ2n) is 5.49. The number of rotatable bonds is 7. The van der Waals surface area contributed by atoms with E-state index in [4.69, 9.17) is 5.73 Å². The molecule has 8 nitrogen and oxygen atoms in total. The molecule has 1 aromatic carbocycles. The highest BCUT2D eigenvalue weighted by Gasteiger charge is 2.19. The molecule has 0 aliphatic carbocycles. The van der Waals surface area contributed by atoms with Gasteiger partial charge in [-0.05, 0) is 24.6 Å². The van der Waals surface area contributed by atoms with Crippen molar-refractivity contribution < 1.29 is 13.2 Å². The summed E-state index contributed by atoms with van der Waals surface area (Å²) in [5.41, 5.74) is 6.18. The molecule has 0 aliphatic heterocycles. The van der Waals surface area contributed by atoms with Crippen LogP contribution < -0.4 is 11.1 Å². The van der Waals surface area contributed by atoms with E-state index in [-0.39, 0.29) is 22.1 Å². The zero-order valence-corrected chi connectivity index (χ0v) is 14.5. The first-order valence-corrected chi connectivity index (χ1v) is 8.82. The molecule has 0 saturated heterocycles. The maximum atomic E-state index is 12.2. The van der Waals surface area contributed by atoms with Crippen molar-refractivity contribution in [1.29, 1.82) is 0 Å². The SMILES string of the molecule is CN(C)S(=O)(=O)c1cc(N)cc(C(=O)NCCCn2ccnc2)c1. The molecule has 1 amide bonds. The lowest BCUT2D eigenvalue weighted by atomic mass is 10.2. The van der Waals surface area contributed by atoms with Gasteiger partial charge in [-0.3, -0.25) is 4.79 Å². The Morgan fingerprint density at radius 1 is 1.33 bits per heavy atom. The molecule has 0 unspecified atom stereocenters. The monoisotopic (exact) mass is 351 g/mol. The van der Waals surface area contributed by atoms with Crippen LogP contribution in [0.5, 0.6) is 0 Å². The Morgan fingerprint density at radius 3 is 2.71 bits per heavy atom. The highest BCUT2D eigenvalue weighted by molar-refractivity contribution is 7.89. The smallest absolute Gasteiger partial charge is 0.251 e. The Labute approximate surface area is 141 Å². The molecular weight excluding hydrogens is 330 g/mol. The van der Waals surface area contributed by atoms with Gasteiger partial charge in [0.1, 0.15) is 0 Å². The zero-order valence-electron chi connectivity index (χ0n) is 13.6. The number of aryl methyl sites for hydroxylation is 1. The zero-order chi connectivity index (χ0) is 17.7. The van der Waals surface area contributed by atoms with E-state index in [0.717, 1.165) is 17.3 Å². The number of nitrogen functional groups attached to an aromatic ring is 1. The van der Waals surface area contributed by atoms with Gasteiger partial charge in [0.05, 0.1) is 11.2 Å². The normalized spacial score (nSPS) is 11.6. The number of imidazole rings is 1. The highest BCUT2D eigenvalue weighted by atomic mass is 32.2. The summed E-state index contributed by atoms with van der Waals surface area (Å²) in [4.78, 5) is 16.2. The maximum Gasteiger partial charge on any atom is 0.251 e. The van der Waals surface area contributed by atoms with Gasteiger partial charge in [0.2, 0.25) is 10.0 Å². The number of amides is 1. The van der Waals surface area contributed by atoms with Crippen molar-refractivity contribution >= 4 is 21.6 Å². The Morgan fingerprint density at radius 2 is 2.08 bits per heavy atom. The van der Waals surface area contributed by atoms with E-state index in [9.17, 15) is 13.2 Å². The first-order valence-electron chi connectivity index (χ1n) is 7.38. The van der Waals surface area contributed by atoms with E-state index in [1.54, 1.807) is 12.5 Å². The summed E-state index contributed by atoms with van der Waals surface area (Å²) >= 11 is 0. The van der Waals surface area contributed by atoms with Gasteiger partial charge in [0, 0.05) is 50.8 Å². The molecule has 9 heteroatoms. The minimum absolute atomic E-state index is 0.00364. The molecule has 2 aromatic rings. The average Bonchev–Trinajstić information content (AvgIpc) is 3.03. The Hall–Kier alpha value is -2.39. The summed E-state index contributed by atoms with van der Waals surface area (Å²) in [6.07, 6.45) is 5.97. The summed E-state index contributed by atoms with van der Waals surface area (Å²) in [5, 5.41) is 2.76. The quantitative estimate of drug-likeness (QED) is 0.559. The highest BCUT2D eigenvalue weighted by Crippen LogP contribution is 2.19. The van der Waals surface area contributed by atoms with Gasteiger partial charge in [0.15, 0.2) is 0 Å². The largest absolute Gasteiger partial charge is 0.399 e. The number of hydrogen-bond acceptors (Lipinski definition) is 5. The van der Waals surface area contributed by atoms with E-state index < -0.39 is 10.0 Å². The molecule has 0 atom stereocenters. The number of anilines is 1. The van der Waals surface area contributed by atoms with Crippen LogP contribution in [0.3, 0.4) is 0 Å². The van der Waals surface area contributed by atoms with Crippen molar-refractivity contribution in [3.05, 3.63) is 42.5 Å². The molecule has 2 rings (SSSR count). The molecule has 24 heavy (non-hydrogen) atoms. The van der Waals surface area contributed by atoms with Gasteiger partial charge < -0.3 is 15.6 Å². The maximum absolute atomic E-state index is 12.2. The van der Waals surface area contributed by atoms with Crippen LogP contribution >= 0.6 is 0 Å². The molecule has 1 heterocycles. The number of nitrogens with two attached hydrogens (primary N) is 1. The van der Waals surface area contributed by atoms with Gasteiger partial charge in [-0.25, -0.2) is 17.7 Å². The van der Waals surface area contributed by atoms with E-state index in [2.05, 4.69) is 10.3 Å². The number of sulfonamides is 1. The summed E-state index contributed by atoms with van der Waals surface area (Å²) < 4.78 is 27.4. The minimum atomic E-state index is -3.65. The fraction of sp³-hybridized carbons (Fsp3) is 0.333. The van der Waals surface area contributed by atoms with Crippen LogP contribution in [0.1, 0.15) is 16.8 Å². The Balaban J connectivity index is 2.02. The second-order valence-corrected chi connectivity index (χ2v) is 7.64. The molecule has 130 valence electrons. The number of nitrogens with one attached hydrogen (secondary N) is 1. The van der Waals surface area contributed by atoms with Crippen LogP contribution in [0.2, 0.25) is 0 Å². The van der Waals surface area contributed by atoms with Crippen molar-refractivity contribution in [3.63, 3.8) is 0 Å². The molecule has 3 N–H and O–H groups in total. The van der Waals surface area contributed by atoms with Gasteiger partial charge in [-0.1, -0.05) is 0 Å². The fourth-order valence-electron chi connectivity index (χ4n) is 2.10. The van der Waals surface area contributed by atoms with Gasteiger partial charge in [-0.2, -0.15) is 0 Å². The van der Waals surface area contributed by atoms with Crippen molar-refractivity contribution in [2.75, 3.05) is 26.4 Å². The third-order valence-corrected chi connectivity index (χ3v) is 5.20. The standard InChI is InChI=1S/C15H21N5O3S/c1-19(2)24(22,23)14-9-12(8-13(16)10-14)15(21)18-4-3-6-20-7-5-17-11-20/h5,7-11H,3-4,6,16H2,1-2H3,(H,18,21). The van der Waals surface area contributed by atoms with Crippen molar-refractivity contribution in [3.8, 4) is 0 Å². The molecule has 0 bridgehead atoms. The van der Waals surface area contributed by atoms with E-state index >= 15 is 0 Å². The molecule has 0 aliphatic rings. The third kappa shape index (κ3) is 4.33. The van der Waals surface area contributed by atoms with Crippen LogP contribution in [0.15, 0.2) is 41.8 Å². The molecule has 1 aromatic heterocycles. The fourth-order valence-corrected chi connectivity index (χ4v) is 3.08. The predicted molar refractivity (Wildman–Crippen MR) is 90.9 cm³/mol. The summed E-state index contributed by atoms with van der Waals surface area (Å²) in [7, 11) is -0.797. The molecule has 0 radical (unpaired) electrons. The summed E-state index contributed by atoms with van der Waals surface area (Å²) in [6.45, 7) is 1.19. The Bertz CT molecular complexity index is 801. The summed E-state index contributed by atoms with van der Waals surface area (Å²) in [5.74, 6) is -0.358. The third-order valence-electron chi connectivity index (χ3n) is 3.41. The number of carbonyl (C=O) groups is 1. The lowest BCUT2D eigenvalue weighted by Gasteiger charge is -2.13. The van der Waals surface area contributed by atoms with Gasteiger partial charge in [-0.15, -0.1) is 0 Å². The molecular formula is C15H21N5O3S. The van der Waals surface area contributed by atoms with Crippen LogP contribution in [-0.4, -0.2) is 48.8 Å². The number of aromatic nitrogens is 2. The predicted octanol–water partition coefficient (Wildman–Crippen LogP) is 0.536. The number of hydrogen-bond donors (Lipinski definition) is 2. The van der Waals surface area contributed by atoms with Gasteiger partial charge in [0.25, 0.3) is 5.91 Å². The average molecular weight is 351 g/mol. The molecule has 0 spiro atoms. The topological polar surface area (TPSA) is 110 Å². The van der Waals surface area contributed by atoms with Gasteiger partial charge >= 0.3 is 0 Å². The lowest BCUT2D eigenvalue weighted by molar-refractivity contribution is 0.0952. The van der Waals surface area contributed by atoms with Crippen molar-refractivity contribution in [2.45, 2.75) is 17.9 Å². The van der Waals surface area contributed by atoms with Crippen molar-refractivity contribution in [2.24, 2.45) is 0 Å². The lowest BCUT2D eigenvalue weighted by Crippen LogP contribution is -2.26. The van der Waals surface area contributed by atoms with Crippen LogP contribution in [0.25, 0.3) is 0 Å². The van der Waals surface area contributed by atoms with E-state index in [1.165, 1.54) is 32.3 Å². The van der Waals surface area contributed by atoms with Crippen LogP contribution in [0, 0.1) is 0 Å². The second kappa shape index (κ2) is 7.45. The van der Waals surface area contributed by atoms with E-state index in [0.29, 0.717) is 6.54 Å². The first-order chi connectivity index (χ1) is 11.3. The van der Waals surface area contributed by atoms with Crippen molar-refractivity contribution in [1.82, 2.24) is 19.2 Å². The molecule has 0 fully saturated rings. The van der Waals surface area contributed by atoms with Crippen LogP contribution in [0.4, 0.5) is 5.69 Å². The number of benzene rings is 1. The number of nitrogens with zero attached hydrogens (tertiary/aromatic N) is 3. The summed E-state index contributed by atoms with van der Waals surface area (Å²) in [6, 6.07) is 4.13. The first kappa shape index (κ1) is 18.0. The Kier molecular flexibility index (Phi) is 5.58. The van der Waals surface area contributed by atoms with Crippen LogP contribution in [-0.2, 0) is 16.6 Å². The number of carbonyl (C=O) groups excluding carboxylic acids is 1. The molecule has 0 saturated carbocycles.